The molecule has 1 N–H and O–H groups in total. The van der Waals surface area contributed by atoms with E-state index in [0.717, 1.165) is 34.6 Å². The molecule has 2 heterocycles. The summed E-state index contributed by atoms with van der Waals surface area (Å²) in [5, 5.41) is 3.72. The van der Waals surface area contributed by atoms with Crippen LogP contribution < -0.4 is 5.32 Å². The molecule has 3 aromatic carbocycles. The van der Waals surface area contributed by atoms with Gasteiger partial charge >= 0.3 is 6.09 Å². The number of ether oxygens (including phenoxy) is 1. The molecule has 0 bridgehead atoms. The summed E-state index contributed by atoms with van der Waals surface area (Å²) in [6.45, 7) is 3.62. The van der Waals surface area contributed by atoms with Gasteiger partial charge in [0.1, 0.15) is 0 Å². The lowest BCUT2D eigenvalue weighted by atomic mass is 9.89. The third kappa shape index (κ3) is 3.86. The average Bonchev–Trinajstić information content (AvgIpc) is 3.22. The van der Waals surface area contributed by atoms with E-state index in [2.05, 4.69) is 47.8 Å². The van der Waals surface area contributed by atoms with Crippen molar-refractivity contribution in [1.82, 2.24) is 4.90 Å². The Balaban J connectivity index is 1.52. The van der Waals surface area contributed by atoms with Gasteiger partial charge in [0.15, 0.2) is 0 Å². The van der Waals surface area contributed by atoms with Gasteiger partial charge < -0.3 is 15.0 Å². The fourth-order valence-electron chi connectivity index (χ4n) is 4.73. The van der Waals surface area contributed by atoms with Gasteiger partial charge in [0, 0.05) is 36.2 Å². The van der Waals surface area contributed by atoms with E-state index in [0.29, 0.717) is 25.7 Å². The van der Waals surface area contributed by atoms with Crippen molar-refractivity contribution in [2.45, 2.75) is 25.3 Å². The summed E-state index contributed by atoms with van der Waals surface area (Å²) in [6, 6.07) is 27.2. The van der Waals surface area contributed by atoms with Crippen molar-refractivity contribution in [3.63, 3.8) is 0 Å². The predicted octanol–water partition coefficient (Wildman–Crippen LogP) is 5.60. The van der Waals surface area contributed by atoms with Gasteiger partial charge in [-0.05, 0) is 25.0 Å². The zero-order chi connectivity index (χ0) is 21.9. The summed E-state index contributed by atoms with van der Waals surface area (Å²) in [5.74, 6) is 0.246. The van der Waals surface area contributed by atoms with Crippen LogP contribution in [0.25, 0.3) is 0 Å². The molecule has 2 unspecified atom stereocenters. The largest absolute Gasteiger partial charge is 0.450 e. The number of carbonyl (C=O) groups excluding carboxylic acids is 1. The molecule has 5 nitrogen and oxygen atoms in total. The Hall–Kier alpha value is -3.60. The number of nitrogens with zero attached hydrogens (tertiary/aromatic N) is 2. The fraction of sp³-hybridized carbons (Fsp3) is 0.259. The lowest BCUT2D eigenvalue weighted by Crippen LogP contribution is -2.45. The molecule has 2 aliphatic rings. The first-order valence-electron chi connectivity index (χ1n) is 11.2. The number of piperidine rings is 1. The average molecular weight is 426 g/mol. The molecule has 0 radical (unpaired) electrons. The first-order valence-corrected chi connectivity index (χ1v) is 11.2. The molecule has 1 amide bonds. The first kappa shape index (κ1) is 20.3. The van der Waals surface area contributed by atoms with E-state index in [-0.39, 0.29) is 12.0 Å². The summed E-state index contributed by atoms with van der Waals surface area (Å²) >= 11 is 0. The minimum atomic E-state index is -0.219. The van der Waals surface area contributed by atoms with Crippen LogP contribution in [0.1, 0.15) is 36.0 Å². The van der Waals surface area contributed by atoms with Crippen molar-refractivity contribution in [2.75, 3.05) is 25.0 Å². The van der Waals surface area contributed by atoms with Crippen LogP contribution in [0.15, 0.2) is 83.9 Å². The quantitative estimate of drug-likeness (QED) is 0.554. The summed E-state index contributed by atoms with van der Waals surface area (Å²) in [7, 11) is 0. The molecule has 5 rings (SSSR count). The summed E-state index contributed by atoms with van der Waals surface area (Å²) in [4.78, 5) is 19.3. The highest BCUT2D eigenvalue weighted by atomic mass is 16.6. The first-order chi connectivity index (χ1) is 15.7. The van der Waals surface area contributed by atoms with Crippen LogP contribution in [0.2, 0.25) is 0 Å². The topological polar surface area (TPSA) is 53.9 Å². The molecular formula is C27H27N3O2. The monoisotopic (exact) mass is 425 g/mol. The minimum absolute atomic E-state index is 0.219. The number of aliphatic imine (C=N–C) groups is 1. The van der Waals surface area contributed by atoms with Gasteiger partial charge in [-0.25, -0.2) is 9.79 Å². The molecule has 0 saturated carbocycles. The van der Waals surface area contributed by atoms with Gasteiger partial charge in [0.2, 0.25) is 0 Å². The number of carbonyl (C=O) groups is 1. The molecule has 1 fully saturated rings. The zero-order valence-electron chi connectivity index (χ0n) is 18.2. The van der Waals surface area contributed by atoms with Crippen LogP contribution in [0.5, 0.6) is 0 Å². The molecule has 0 aliphatic carbocycles. The maximum absolute atomic E-state index is 12.3. The van der Waals surface area contributed by atoms with Gasteiger partial charge in [-0.2, -0.15) is 0 Å². The number of anilines is 1. The number of likely N-dealkylation sites (tertiary alicyclic amines) is 1. The zero-order valence-corrected chi connectivity index (χ0v) is 18.2. The second-order valence-electron chi connectivity index (χ2n) is 8.22. The molecule has 2 aliphatic heterocycles. The van der Waals surface area contributed by atoms with E-state index >= 15 is 0 Å². The summed E-state index contributed by atoms with van der Waals surface area (Å²) in [6.07, 6.45) is 0.676. The highest BCUT2D eigenvalue weighted by Crippen LogP contribution is 2.45. The lowest BCUT2D eigenvalue weighted by Gasteiger charge is -2.34. The van der Waals surface area contributed by atoms with Gasteiger partial charge in [0.25, 0.3) is 0 Å². The van der Waals surface area contributed by atoms with Crippen LogP contribution in [-0.2, 0) is 4.74 Å². The van der Waals surface area contributed by atoms with E-state index in [1.807, 2.05) is 48.2 Å². The lowest BCUT2D eigenvalue weighted by molar-refractivity contribution is 0.0949. The van der Waals surface area contributed by atoms with Crippen LogP contribution in [0.3, 0.4) is 0 Å². The molecule has 32 heavy (non-hydrogen) atoms. The maximum Gasteiger partial charge on any atom is 0.409 e. The molecule has 0 spiro atoms. The van der Waals surface area contributed by atoms with Crippen LogP contribution in [0.4, 0.5) is 16.2 Å². The molecule has 5 heteroatoms. The maximum atomic E-state index is 12.3. The number of amides is 1. The van der Waals surface area contributed by atoms with Crippen molar-refractivity contribution in [3.8, 4) is 0 Å². The molecule has 1 saturated heterocycles. The second kappa shape index (κ2) is 8.87. The van der Waals surface area contributed by atoms with Crippen LogP contribution in [-0.4, -0.2) is 42.4 Å². The minimum Gasteiger partial charge on any atom is -0.450 e. The predicted molar refractivity (Wildman–Crippen MR) is 128 cm³/mol. The van der Waals surface area contributed by atoms with E-state index in [4.69, 9.17) is 9.73 Å². The molecular weight excluding hydrogens is 398 g/mol. The number of para-hydroxylation sites is 1. The normalized spacial score (nSPS) is 18.8. The summed E-state index contributed by atoms with van der Waals surface area (Å²) < 4.78 is 5.24. The van der Waals surface area contributed by atoms with Crippen molar-refractivity contribution >= 4 is 23.2 Å². The third-order valence-electron chi connectivity index (χ3n) is 6.27. The number of hydrogen-bond donors (Lipinski definition) is 1. The standard InChI is InChI=1S/C27H27N3O2/c1-2-32-27(31)30-17-16-23-22(18-30)21-14-9-15-24(26(21)28-23)29-25(19-10-5-3-6-11-19)20-12-7-4-8-13-20/h3-15,22-23,28H,2,16-18H2,1H3. The Bertz CT molecular complexity index is 1090. The SMILES string of the molecule is CCOC(=O)N1CCC2Nc3c(N=C(c4ccccc4)c4ccccc4)cccc3C2C1. The van der Waals surface area contributed by atoms with Crippen molar-refractivity contribution in [2.24, 2.45) is 4.99 Å². The van der Waals surface area contributed by atoms with Crippen molar-refractivity contribution in [1.29, 1.82) is 0 Å². The molecule has 3 aromatic rings. The Labute approximate surface area is 188 Å². The van der Waals surface area contributed by atoms with E-state index in [1.54, 1.807) is 0 Å². The number of fused-ring (bicyclic) bond motifs is 3. The van der Waals surface area contributed by atoms with E-state index in [9.17, 15) is 4.79 Å². The van der Waals surface area contributed by atoms with Crippen molar-refractivity contribution < 1.29 is 9.53 Å². The molecule has 162 valence electrons. The van der Waals surface area contributed by atoms with Crippen LogP contribution >= 0.6 is 0 Å². The van der Waals surface area contributed by atoms with Gasteiger partial charge in [-0.1, -0.05) is 72.8 Å². The van der Waals surface area contributed by atoms with Crippen molar-refractivity contribution in [3.05, 3.63) is 95.6 Å². The Kier molecular flexibility index (Phi) is 5.63. The van der Waals surface area contributed by atoms with Gasteiger partial charge in [-0.15, -0.1) is 0 Å². The fourth-order valence-corrected chi connectivity index (χ4v) is 4.73. The number of nitrogens with one attached hydrogen (secondary N) is 1. The molecule has 0 aromatic heterocycles. The number of hydrogen-bond acceptors (Lipinski definition) is 4. The number of rotatable bonds is 4. The second-order valence-corrected chi connectivity index (χ2v) is 8.22. The highest BCUT2D eigenvalue weighted by Gasteiger charge is 2.39. The Morgan fingerprint density at radius 1 is 1.00 bits per heavy atom. The number of benzene rings is 3. The highest BCUT2D eigenvalue weighted by molar-refractivity contribution is 6.14. The third-order valence-corrected chi connectivity index (χ3v) is 6.27. The summed E-state index contributed by atoms with van der Waals surface area (Å²) in [5.41, 5.74) is 6.36. The van der Waals surface area contributed by atoms with Gasteiger partial charge in [0.05, 0.1) is 23.7 Å². The Morgan fingerprint density at radius 3 is 2.34 bits per heavy atom. The van der Waals surface area contributed by atoms with E-state index < -0.39 is 0 Å². The Morgan fingerprint density at radius 2 is 1.69 bits per heavy atom. The smallest absolute Gasteiger partial charge is 0.409 e. The van der Waals surface area contributed by atoms with E-state index in [1.165, 1.54) is 5.56 Å². The van der Waals surface area contributed by atoms with Gasteiger partial charge in [-0.3, -0.25) is 0 Å². The van der Waals surface area contributed by atoms with Crippen LogP contribution in [0, 0.1) is 0 Å². The molecule has 2 atom stereocenters.